The minimum absolute atomic E-state index is 0.407. The molecule has 1 aliphatic rings. The topological polar surface area (TPSA) is 60.0 Å². The first kappa shape index (κ1) is 21.0. The molecule has 1 saturated heterocycles. The summed E-state index contributed by atoms with van der Waals surface area (Å²) in [7, 11) is 0. The maximum Gasteiger partial charge on any atom is 0.148 e. The lowest BCUT2D eigenvalue weighted by Gasteiger charge is -2.15. The third kappa shape index (κ3) is 4.11. The molecule has 0 saturated carbocycles. The van der Waals surface area contributed by atoms with E-state index in [1.165, 1.54) is 31.5 Å². The Morgan fingerprint density at radius 1 is 0.938 bits per heavy atom. The van der Waals surface area contributed by atoms with Crippen LogP contribution < -0.4 is 5.73 Å². The second-order valence-electron chi connectivity index (χ2n) is 8.03. The van der Waals surface area contributed by atoms with E-state index in [2.05, 4.69) is 39.1 Å². The number of halogens is 2. The van der Waals surface area contributed by atoms with Gasteiger partial charge in [0.05, 0.1) is 21.3 Å². The molecule has 0 amide bonds. The number of aromatic nitrogens is 3. The van der Waals surface area contributed by atoms with Crippen molar-refractivity contribution < 1.29 is 0 Å². The van der Waals surface area contributed by atoms with Gasteiger partial charge in [-0.25, -0.2) is 9.97 Å². The molecular weight excluding hydrogens is 441 g/mol. The van der Waals surface area contributed by atoms with Gasteiger partial charge in [0, 0.05) is 30.7 Å². The van der Waals surface area contributed by atoms with Crippen molar-refractivity contribution in [1.29, 1.82) is 0 Å². The van der Waals surface area contributed by atoms with E-state index in [0.29, 0.717) is 21.7 Å². The summed E-state index contributed by atoms with van der Waals surface area (Å²) in [6.45, 7) is 3.38. The van der Waals surface area contributed by atoms with Crippen LogP contribution in [0.5, 0.6) is 0 Å². The van der Waals surface area contributed by atoms with Gasteiger partial charge < -0.3 is 5.73 Å². The van der Waals surface area contributed by atoms with Gasteiger partial charge in [-0.15, -0.1) is 0 Å². The van der Waals surface area contributed by atoms with Crippen molar-refractivity contribution in [2.24, 2.45) is 0 Å². The van der Waals surface area contributed by atoms with E-state index in [9.17, 15) is 0 Å². The molecule has 0 atom stereocenters. The van der Waals surface area contributed by atoms with Crippen LogP contribution in [0.25, 0.3) is 28.2 Å². The summed E-state index contributed by atoms with van der Waals surface area (Å²) in [6.07, 6.45) is 7.95. The highest BCUT2D eigenvalue weighted by Gasteiger charge is 2.16. The highest BCUT2D eigenvalue weighted by atomic mass is 35.5. The summed E-state index contributed by atoms with van der Waals surface area (Å²) >= 11 is 12.7. The van der Waals surface area contributed by atoms with Crippen LogP contribution in [0.3, 0.4) is 0 Å². The molecule has 2 aromatic heterocycles. The van der Waals surface area contributed by atoms with Crippen LogP contribution >= 0.6 is 23.2 Å². The van der Waals surface area contributed by atoms with Crippen LogP contribution in [0.15, 0.2) is 67.1 Å². The summed E-state index contributed by atoms with van der Waals surface area (Å²) in [6, 6.07) is 16.2. The van der Waals surface area contributed by atoms with E-state index in [-0.39, 0.29) is 0 Å². The summed E-state index contributed by atoms with van der Waals surface area (Å²) in [4.78, 5) is 11.5. The number of pyridine rings is 1. The quantitative estimate of drug-likeness (QED) is 0.389. The predicted octanol–water partition coefficient (Wildman–Crippen LogP) is 6.09. The smallest absolute Gasteiger partial charge is 0.148 e. The first-order valence-corrected chi connectivity index (χ1v) is 11.4. The van der Waals surface area contributed by atoms with Crippen molar-refractivity contribution >= 4 is 29.0 Å². The average molecular weight is 464 g/mol. The Bertz CT molecular complexity index is 1240. The first-order chi connectivity index (χ1) is 15.6. The van der Waals surface area contributed by atoms with Crippen LogP contribution in [-0.2, 0) is 6.54 Å². The molecule has 2 aromatic carbocycles. The van der Waals surface area contributed by atoms with Gasteiger partial charge in [-0.05, 0) is 55.3 Å². The van der Waals surface area contributed by atoms with Crippen LogP contribution in [0.4, 0.5) is 5.82 Å². The van der Waals surface area contributed by atoms with Gasteiger partial charge in [-0.1, -0.05) is 53.5 Å². The van der Waals surface area contributed by atoms with E-state index >= 15 is 0 Å². The Morgan fingerprint density at radius 3 is 2.50 bits per heavy atom. The monoisotopic (exact) mass is 463 g/mol. The number of rotatable bonds is 5. The number of nitrogens with zero attached hydrogens (tertiary/aromatic N) is 4. The van der Waals surface area contributed by atoms with E-state index in [0.717, 1.165) is 28.9 Å². The molecule has 1 aliphatic heterocycles. The van der Waals surface area contributed by atoms with E-state index in [1.54, 1.807) is 18.5 Å². The molecule has 7 heteroatoms. The van der Waals surface area contributed by atoms with Gasteiger partial charge in [0.1, 0.15) is 11.6 Å². The number of nitrogen functional groups attached to an aromatic ring is 1. The van der Waals surface area contributed by atoms with Crippen LogP contribution in [-0.4, -0.2) is 32.5 Å². The van der Waals surface area contributed by atoms with E-state index < -0.39 is 0 Å². The molecule has 4 aromatic rings. The highest BCUT2D eigenvalue weighted by molar-refractivity contribution is 6.43. The third-order valence-corrected chi connectivity index (χ3v) is 6.69. The van der Waals surface area contributed by atoms with Gasteiger partial charge in [-0.3, -0.25) is 9.47 Å². The first-order valence-electron chi connectivity index (χ1n) is 10.7. The highest BCUT2D eigenvalue weighted by Crippen LogP contribution is 2.34. The lowest BCUT2D eigenvalue weighted by molar-refractivity contribution is 0.331. The molecular formula is C25H23Cl2N5. The lowest BCUT2D eigenvalue weighted by Crippen LogP contribution is -2.18. The molecule has 0 radical (unpaired) electrons. The molecule has 0 spiro atoms. The molecule has 162 valence electrons. The Morgan fingerprint density at radius 2 is 1.72 bits per heavy atom. The van der Waals surface area contributed by atoms with Crippen LogP contribution in [0.1, 0.15) is 18.4 Å². The Labute approximate surface area is 197 Å². The van der Waals surface area contributed by atoms with Gasteiger partial charge >= 0.3 is 0 Å². The molecule has 3 heterocycles. The van der Waals surface area contributed by atoms with E-state index in [4.69, 9.17) is 28.9 Å². The summed E-state index contributed by atoms with van der Waals surface area (Å²) < 4.78 is 1.88. The van der Waals surface area contributed by atoms with Gasteiger partial charge in [-0.2, -0.15) is 0 Å². The Hall–Kier alpha value is -2.86. The largest absolute Gasteiger partial charge is 0.383 e. The molecule has 32 heavy (non-hydrogen) atoms. The average Bonchev–Trinajstić information content (AvgIpc) is 3.49. The number of likely N-dealkylation sites (tertiary alicyclic amines) is 1. The minimum atomic E-state index is 0.407. The van der Waals surface area contributed by atoms with Crippen molar-refractivity contribution in [3.05, 3.63) is 82.7 Å². The number of imidazole rings is 1. The fraction of sp³-hybridized carbons (Fsp3) is 0.200. The zero-order valence-corrected chi connectivity index (χ0v) is 19.0. The number of benzene rings is 2. The third-order valence-electron chi connectivity index (χ3n) is 5.88. The number of anilines is 1. The SMILES string of the molecule is Nc1ncc(-c2ccc(CN3CCCC3)cc2)cc1-c1nccn1-c1cccc(Cl)c1Cl. The van der Waals surface area contributed by atoms with Gasteiger partial charge in [0.15, 0.2) is 0 Å². The van der Waals surface area contributed by atoms with E-state index in [1.807, 2.05) is 29.0 Å². The van der Waals surface area contributed by atoms with Crippen molar-refractivity contribution in [1.82, 2.24) is 19.4 Å². The molecule has 0 bridgehead atoms. The molecule has 0 unspecified atom stereocenters. The fourth-order valence-corrected chi connectivity index (χ4v) is 4.58. The van der Waals surface area contributed by atoms with Crippen molar-refractivity contribution in [3.63, 3.8) is 0 Å². The minimum Gasteiger partial charge on any atom is -0.383 e. The van der Waals surface area contributed by atoms with Crippen LogP contribution in [0.2, 0.25) is 10.0 Å². The fourth-order valence-electron chi connectivity index (χ4n) is 4.19. The maximum absolute atomic E-state index is 6.46. The summed E-state index contributed by atoms with van der Waals surface area (Å²) in [5, 5.41) is 0.947. The van der Waals surface area contributed by atoms with Crippen LogP contribution in [0, 0.1) is 0 Å². The lowest BCUT2D eigenvalue weighted by atomic mass is 10.0. The van der Waals surface area contributed by atoms with Gasteiger partial charge in [0.25, 0.3) is 0 Å². The molecule has 5 nitrogen and oxygen atoms in total. The number of hydrogen-bond donors (Lipinski definition) is 1. The Kier molecular flexibility index (Phi) is 5.87. The molecule has 1 fully saturated rings. The number of hydrogen-bond acceptors (Lipinski definition) is 4. The summed E-state index contributed by atoms with van der Waals surface area (Å²) in [5.41, 5.74) is 11.1. The van der Waals surface area contributed by atoms with Crippen molar-refractivity contribution in [2.75, 3.05) is 18.8 Å². The molecule has 2 N–H and O–H groups in total. The molecule has 5 rings (SSSR count). The zero-order chi connectivity index (χ0) is 22.1. The van der Waals surface area contributed by atoms with Crippen molar-refractivity contribution in [3.8, 4) is 28.2 Å². The number of nitrogens with two attached hydrogens (primary N) is 1. The second-order valence-corrected chi connectivity index (χ2v) is 8.82. The normalized spacial score (nSPS) is 14.2. The molecule has 0 aliphatic carbocycles. The van der Waals surface area contributed by atoms with Crippen molar-refractivity contribution in [2.45, 2.75) is 19.4 Å². The Balaban J connectivity index is 1.48. The second kappa shape index (κ2) is 8.94. The zero-order valence-electron chi connectivity index (χ0n) is 17.5. The summed E-state index contributed by atoms with van der Waals surface area (Å²) in [5.74, 6) is 1.07. The standard InChI is InChI=1S/C25H23Cl2N5/c26-21-4-3-5-22(23(21)27)32-13-10-29-25(32)20-14-19(15-30-24(20)28)18-8-6-17(7-9-18)16-31-11-1-2-12-31/h3-10,13-15H,1-2,11-12,16H2,(H2,28,30). The predicted molar refractivity (Wildman–Crippen MR) is 131 cm³/mol. The maximum atomic E-state index is 6.46. The van der Waals surface area contributed by atoms with Gasteiger partial charge in [0.2, 0.25) is 0 Å².